The number of hydrogen-bond acceptors (Lipinski definition) is 3. The maximum atomic E-state index is 12.2. The van der Waals surface area contributed by atoms with Gasteiger partial charge in [0.15, 0.2) is 0 Å². The summed E-state index contributed by atoms with van der Waals surface area (Å²) in [5.74, 6) is -1.31. The fourth-order valence-corrected chi connectivity index (χ4v) is 4.01. The summed E-state index contributed by atoms with van der Waals surface area (Å²) in [5.41, 5.74) is -0.305. The van der Waals surface area contributed by atoms with Gasteiger partial charge in [0.1, 0.15) is 4.90 Å². The molecule has 2 N–H and O–H groups in total. The molecule has 5 nitrogen and oxygen atoms in total. The summed E-state index contributed by atoms with van der Waals surface area (Å²) in [4.78, 5) is 10.7. The minimum absolute atomic E-state index is 0.107. The van der Waals surface area contributed by atoms with E-state index in [0.29, 0.717) is 12.8 Å². The van der Waals surface area contributed by atoms with Crippen molar-refractivity contribution in [1.29, 1.82) is 0 Å². The van der Waals surface area contributed by atoms with Gasteiger partial charge < -0.3 is 5.11 Å². The molecule has 20 heavy (non-hydrogen) atoms. The normalized spacial score (nSPS) is 15.7. The maximum Gasteiger partial charge on any atom is 0.337 e. The smallest absolute Gasteiger partial charge is 0.337 e. The van der Waals surface area contributed by atoms with Crippen LogP contribution in [0.5, 0.6) is 0 Å². The largest absolute Gasteiger partial charge is 0.478 e. The minimum Gasteiger partial charge on any atom is -0.478 e. The van der Waals surface area contributed by atoms with Gasteiger partial charge in [-0.15, -0.1) is 0 Å². The van der Waals surface area contributed by atoms with Gasteiger partial charge in [-0.2, -0.15) is 0 Å². The van der Waals surface area contributed by atoms with Crippen molar-refractivity contribution in [1.82, 2.24) is 4.72 Å². The van der Waals surface area contributed by atoms with Crippen molar-refractivity contribution in [2.75, 3.05) is 0 Å². The number of rotatable bonds is 4. The summed E-state index contributed by atoms with van der Waals surface area (Å²) >= 11 is 11.6. The van der Waals surface area contributed by atoms with E-state index in [2.05, 4.69) is 4.72 Å². The van der Waals surface area contributed by atoms with E-state index in [4.69, 9.17) is 28.3 Å². The lowest BCUT2D eigenvalue weighted by atomic mass is 10.2. The van der Waals surface area contributed by atoms with E-state index in [1.54, 1.807) is 0 Å². The predicted molar refractivity (Wildman–Crippen MR) is 75.9 cm³/mol. The van der Waals surface area contributed by atoms with Crippen molar-refractivity contribution in [2.24, 2.45) is 0 Å². The van der Waals surface area contributed by atoms with Gasteiger partial charge in [-0.3, -0.25) is 0 Å². The molecule has 0 heterocycles. The van der Waals surface area contributed by atoms with E-state index < -0.39 is 16.0 Å². The Morgan fingerprint density at radius 1 is 1.20 bits per heavy atom. The van der Waals surface area contributed by atoms with Crippen molar-refractivity contribution in [3.63, 3.8) is 0 Å². The SMILES string of the molecule is O=C(O)c1cc(S(=O)(=O)NC2CC=CC2)c(Cl)cc1Cl. The van der Waals surface area contributed by atoms with Gasteiger partial charge in [-0.25, -0.2) is 17.9 Å². The number of sulfonamides is 1. The number of aromatic carboxylic acids is 1. The molecule has 0 radical (unpaired) electrons. The third-order valence-electron chi connectivity index (χ3n) is 2.87. The first-order valence-electron chi connectivity index (χ1n) is 5.71. The second-order valence-electron chi connectivity index (χ2n) is 4.33. The van der Waals surface area contributed by atoms with Gasteiger partial charge in [-0.1, -0.05) is 35.4 Å². The molecule has 1 aromatic carbocycles. The Bertz CT molecular complexity index is 677. The third kappa shape index (κ3) is 3.15. The van der Waals surface area contributed by atoms with Crippen molar-refractivity contribution in [3.8, 4) is 0 Å². The fraction of sp³-hybridized carbons (Fsp3) is 0.250. The van der Waals surface area contributed by atoms with Gasteiger partial charge in [0.05, 0.1) is 15.6 Å². The number of carboxylic acids is 1. The summed E-state index contributed by atoms with van der Waals surface area (Å²) in [7, 11) is -3.89. The van der Waals surface area contributed by atoms with E-state index >= 15 is 0 Å². The Hall–Kier alpha value is -1.08. The molecule has 1 aliphatic carbocycles. The third-order valence-corrected chi connectivity index (χ3v) is 5.17. The average molecular weight is 336 g/mol. The highest BCUT2D eigenvalue weighted by atomic mass is 35.5. The monoisotopic (exact) mass is 335 g/mol. The zero-order valence-electron chi connectivity index (χ0n) is 10.1. The second kappa shape index (κ2) is 5.73. The standard InChI is InChI=1S/C12H11Cl2NO4S/c13-9-6-10(14)11(5-8(9)12(16)17)20(18,19)15-7-3-1-2-4-7/h1-2,5-7,15H,3-4H2,(H,16,17). The van der Waals surface area contributed by atoms with Crippen LogP contribution in [0.2, 0.25) is 10.0 Å². The quantitative estimate of drug-likeness (QED) is 0.828. The lowest BCUT2D eigenvalue weighted by Gasteiger charge is -2.14. The summed E-state index contributed by atoms with van der Waals surface area (Å²) < 4.78 is 27.0. The molecule has 0 aliphatic heterocycles. The van der Waals surface area contributed by atoms with Crippen LogP contribution in [0.4, 0.5) is 0 Å². The first kappa shape index (κ1) is 15.3. The summed E-state index contributed by atoms with van der Waals surface area (Å²) in [6.07, 6.45) is 4.94. The number of nitrogens with one attached hydrogen (secondary N) is 1. The van der Waals surface area contributed by atoms with E-state index in [1.807, 2.05) is 12.2 Å². The van der Waals surface area contributed by atoms with E-state index in [1.165, 1.54) is 0 Å². The highest BCUT2D eigenvalue weighted by molar-refractivity contribution is 7.89. The van der Waals surface area contributed by atoms with Crippen LogP contribution < -0.4 is 4.72 Å². The molecule has 0 spiro atoms. The number of carbonyl (C=O) groups is 1. The zero-order valence-corrected chi connectivity index (χ0v) is 12.5. The fourth-order valence-electron chi connectivity index (χ4n) is 1.90. The molecule has 1 aromatic rings. The van der Waals surface area contributed by atoms with Gasteiger partial charge in [0, 0.05) is 6.04 Å². The zero-order chi connectivity index (χ0) is 14.9. The molecule has 0 unspecified atom stereocenters. The number of hydrogen-bond donors (Lipinski definition) is 2. The average Bonchev–Trinajstić information content (AvgIpc) is 2.79. The van der Waals surface area contributed by atoms with Crippen molar-refractivity contribution in [2.45, 2.75) is 23.8 Å². The molecule has 8 heteroatoms. The van der Waals surface area contributed by atoms with Gasteiger partial charge in [0.25, 0.3) is 0 Å². The van der Waals surface area contributed by atoms with E-state index in [-0.39, 0.29) is 26.5 Å². The first-order chi connectivity index (χ1) is 9.31. The Balaban J connectivity index is 2.40. The molecule has 1 aliphatic rings. The summed E-state index contributed by atoms with van der Waals surface area (Å²) in [6, 6.07) is 1.85. The Labute approximate surface area is 126 Å². The number of benzene rings is 1. The van der Waals surface area contributed by atoms with Crippen LogP contribution in [-0.4, -0.2) is 25.5 Å². The van der Waals surface area contributed by atoms with Crippen molar-refractivity contribution < 1.29 is 18.3 Å². The minimum atomic E-state index is -3.89. The Kier molecular flexibility index (Phi) is 4.39. The molecular formula is C12H11Cl2NO4S. The van der Waals surface area contributed by atoms with Gasteiger partial charge in [-0.05, 0) is 25.0 Å². The molecule has 0 aromatic heterocycles. The van der Waals surface area contributed by atoms with E-state index in [9.17, 15) is 13.2 Å². The predicted octanol–water partition coefficient (Wildman–Crippen LogP) is 2.69. The molecule has 0 bridgehead atoms. The van der Waals surface area contributed by atoms with Crippen LogP contribution in [0.15, 0.2) is 29.2 Å². The highest BCUT2D eigenvalue weighted by Gasteiger charge is 2.25. The molecule has 108 valence electrons. The molecule has 0 fully saturated rings. The van der Waals surface area contributed by atoms with Crippen LogP contribution in [0.3, 0.4) is 0 Å². The van der Waals surface area contributed by atoms with Crippen molar-refractivity contribution in [3.05, 3.63) is 39.9 Å². The maximum absolute atomic E-state index is 12.2. The van der Waals surface area contributed by atoms with Gasteiger partial charge in [0.2, 0.25) is 10.0 Å². The van der Waals surface area contributed by atoms with Crippen molar-refractivity contribution >= 4 is 39.2 Å². The lowest BCUT2D eigenvalue weighted by molar-refractivity contribution is 0.0697. The van der Waals surface area contributed by atoms with E-state index in [0.717, 1.165) is 12.1 Å². The Morgan fingerprint density at radius 2 is 1.80 bits per heavy atom. The molecular weight excluding hydrogens is 325 g/mol. The van der Waals surface area contributed by atoms with Crippen LogP contribution in [0.25, 0.3) is 0 Å². The molecule has 0 atom stereocenters. The first-order valence-corrected chi connectivity index (χ1v) is 7.95. The molecule has 0 saturated carbocycles. The summed E-state index contributed by atoms with van der Waals surface area (Å²) in [6.45, 7) is 0. The number of halogens is 2. The molecule has 2 rings (SSSR count). The highest BCUT2D eigenvalue weighted by Crippen LogP contribution is 2.29. The van der Waals surface area contributed by atoms with Crippen LogP contribution in [0.1, 0.15) is 23.2 Å². The Morgan fingerprint density at radius 3 is 2.35 bits per heavy atom. The topological polar surface area (TPSA) is 83.5 Å². The lowest BCUT2D eigenvalue weighted by Crippen LogP contribution is -2.33. The second-order valence-corrected chi connectivity index (χ2v) is 6.83. The van der Waals surface area contributed by atoms with Crippen LogP contribution >= 0.6 is 23.2 Å². The molecule has 0 amide bonds. The summed E-state index contributed by atoms with van der Waals surface area (Å²) in [5, 5.41) is 8.76. The van der Waals surface area contributed by atoms with Gasteiger partial charge >= 0.3 is 5.97 Å². The molecule has 0 saturated heterocycles. The van der Waals surface area contributed by atoms with Crippen LogP contribution in [0, 0.1) is 0 Å². The van der Waals surface area contributed by atoms with Crippen LogP contribution in [-0.2, 0) is 10.0 Å². The number of carboxylic acid groups (broad SMARTS) is 1.